The number of benzene rings is 1. The van der Waals surface area contributed by atoms with Gasteiger partial charge in [-0.25, -0.2) is 4.98 Å². The number of para-hydroxylation sites is 1. The summed E-state index contributed by atoms with van der Waals surface area (Å²) in [6, 6.07) is 8.37. The molecule has 2 heterocycles. The van der Waals surface area contributed by atoms with E-state index in [0.29, 0.717) is 0 Å². The molecule has 102 valence electrons. The number of hydrogen-bond acceptors (Lipinski definition) is 4. The molecule has 1 fully saturated rings. The van der Waals surface area contributed by atoms with E-state index in [4.69, 9.17) is 4.74 Å². The van der Waals surface area contributed by atoms with Crippen molar-refractivity contribution in [3.8, 4) is 0 Å². The van der Waals surface area contributed by atoms with Crippen LogP contribution < -0.4 is 4.90 Å². The fourth-order valence-electron chi connectivity index (χ4n) is 2.30. The van der Waals surface area contributed by atoms with Crippen LogP contribution in [0.25, 0.3) is 10.2 Å². The molecular weight excluding hydrogens is 276 g/mol. The van der Waals surface area contributed by atoms with E-state index in [0.717, 1.165) is 18.7 Å². The number of hydrogen-bond donors (Lipinski definition) is 1. The zero-order valence-corrected chi connectivity index (χ0v) is 12.6. The lowest BCUT2D eigenvalue weighted by Gasteiger charge is -2.23. The second-order valence-electron chi connectivity index (χ2n) is 4.76. The number of ether oxygens (including phenoxy) is 1. The number of thioether (sulfide) groups is 1. The van der Waals surface area contributed by atoms with E-state index in [2.05, 4.69) is 29.2 Å². The summed E-state index contributed by atoms with van der Waals surface area (Å²) in [5.41, 5.74) is 1.13. The van der Waals surface area contributed by atoms with E-state index in [-0.39, 0.29) is 0 Å². The number of aromatic nitrogens is 1. The zero-order valence-electron chi connectivity index (χ0n) is 10.9. The van der Waals surface area contributed by atoms with Crippen LogP contribution in [0.15, 0.2) is 28.6 Å². The quantitative estimate of drug-likeness (QED) is 0.672. The minimum absolute atomic E-state index is 0.931. The summed E-state index contributed by atoms with van der Waals surface area (Å²) in [7, 11) is 0. The molecule has 0 saturated carbocycles. The number of fused-ring (bicyclic) bond motifs is 1. The molecule has 0 aliphatic carbocycles. The molecule has 1 aliphatic heterocycles. The molecule has 19 heavy (non-hydrogen) atoms. The first kappa shape index (κ1) is 13.4. The van der Waals surface area contributed by atoms with Crippen molar-refractivity contribution in [1.82, 2.24) is 4.98 Å². The second kappa shape index (κ2) is 6.70. The van der Waals surface area contributed by atoms with Gasteiger partial charge in [0.05, 0.1) is 30.0 Å². The Morgan fingerprint density at radius 3 is 2.95 bits per heavy atom. The molecule has 0 unspecified atom stereocenters. The maximum absolute atomic E-state index is 5.37. The van der Waals surface area contributed by atoms with Crippen molar-refractivity contribution in [3.05, 3.63) is 24.3 Å². The van der Waals surface area contributed by atoms with E-state index >= 15 is 0 Å². The third kappa shape index (κ3) is 3.69. The molecule has 0 bridgehead atoms. The Hall–Kier alpha value is -0.620. The molecule has 1 aromatic carbocycles. The van der Waals surface area contributed by atoms with Crippen LogP contribution in [0.2, 0.25) is 0 Å². The van der Waals surface area contributed by atoms with Gasteiger partial charge in [0, 0.05) is 12.2 Å². The molecule has 0 atom stereocenters. The third-order valence-corrected chi connectivity index (χ3v) is 5.64. The number of morpholine rings is 1. The van der Waals surface area contributed by atoms with E-state index in [1.807, 2.05) is 23.1 Å². The fourth-order valence-corrected chi connectivity index (χ4v) is 4.38. The van der Waals surface area contributed by atoms with Crippen molar-refractivity contribution >= 4 is 33.3 Å². The van der Waals surface area contributed by atoms with Gasteiger partial charge in [-0.1, -0.05) is 23.9 Å². The standard InChI is InChI=1S/C14H18N2OS2/c1-2-5-13-12(4-1)15-14(19-13)18-11-3-6-16-7-9-17-10-8-16/h1-2,4-5H,3,6-11H2/p+1. The molecule has 0 radical (unpaired) electrons. The molecule has 0 amide bonds. The average molecular weight is 295 g/mol. The Kier molecular flexibility index (Phi) is 4.71. The highest BCUT2D eigenvalue weighted by Crippen LogP contribution is 2.29. The van der Waals surface area contributed by atoms with Gasteiger partial charge in [-0.3, -0.25) is 0 Å². The van der Waals surface area contributed by atoms with Crippen LogP contribution in [0, 0.1) is 0 Å². The predicted octanol–water partition coefficient (Wildman–Crippen LogP) is 1.69. The van der Waals surface area contributed by atoms with Crippen molar-refractivity contribution in [3.63, 3.8) is 0 Å². The highest BCUT2D eigenvalue weighted by molar-refractivity contribution is 8.01. The first-order valence-corrected chi connectivity index (χ1v) is 8.62. The third-order valence-electron chi connectivity index (χ3n) is 3.37. The second-order valence-corrected chi connectivity index (χ2v) is 7.13. The lowest BCUT2D eigenvalue weighted by molar-refractivity contribution is -0.908. The summed E-state index contributed by atoms with van der Waals surface area (Å²) in [5, 5.41) is 0. The monoisotopic (exact) mass is 295 g/mol. The smallest absolute Gasteiger partial charge is 0.151 e. The Bertz CT molecular complexity index is 490. The molecule has 5 heteroatoms. The molecule has 1 N–H and O–H groups in total. The topological polar surface area (TPSA) is 26.6 Å². The highest BCUT2D eigenvalue weighted by Gasteiger charge is 2.13. The van der Waals surface area contributed by atoms with Gasteiger partial charge < -0.3 is 9.64 Å². The van der Waals surface area contributed by atoms with Crippen LogP contribution in [-0.4, -0.2) is 43.6 Å². The van der Waals surface area contributed by atoms with Crippen LogP contribution in [0.5, 0.6) is 0 Å². The van der Waals surface area contributed by atoms with Crippen molar-refractivity contribution in [2.45, 2.75) is 10.8 Å². The van der Waals surface area contributed by atoms with Gasteiger partial charge in [-0.15, -0.1) is 11.3 Å². The van der Waals surface area contributed by atoms with Crippen LogP contribution in [0.4, 0.5) is 0 Å². The van der Waals surface area contributed by atoms with E-state index in [1.54, 1.807) is 4.90 Å². The molecular formula is C14H19N2OS2+. The summed E-state index contributed by atoms with van der Waals surface area (Å²) >= 11 is 3.71. The number of nitrogens with zero attached hydrogens (tertiary/aromatic N) is 1. The normalized spacial score (nSPS) is 17.1. The highest BCUT2D eigenvalue weighted by atomic mass is 32.2. The minimum atomic E-state index is 0.931. The summed E-state index contributed by atoms with van der Waals surface area (Å²) < 4.78 is 7.88. The largest absolute Gasteiger partial charge is 0.370 e. The SMILES string of the molecule is c1ccc2sc(SCCC[NH+]3CCOCC3)nc2c1. The van der Waals surface area contributed by atoms with Gasteiger partial charge in [0.2, 0.25) is 0 Å². The number of thiazole rings is 1. The van der Waals surface area contributed by atoms with Gasteiger partial charge >= 0.3 is 0 Å². The molecule has 0 spiro atoms. The Morgan fingerprint density at radius 2 is 2.11 bits per heavy atom. The minimum Gasteiger partial charge on any atom is -0.370 e. The fraction of sp³-hybridized carbons (Fsp3) is 0.500. The average Bonchev–Trinajstić information content (AvgIpc) is 2.87. The van der Waals surface area contributed by atoms with Gasteiger partial charge in [-0.05, 0) is 12.1 Å². The Balaban J connectivity index is 1.44. The number of nitrogens with one attached hydrogen (secondary N) is 1. The number of rotatable bonds is 5. The zero-order chi connectivity index (χ0) is 12.9. The van der Waals surface area contributed by atoms with Crippen LogP contribution in [0.3, 0.4) is 0 Å². The first-order chi connectivity index (χ1) is 9.42. The Morgan fingerprint density at radius 1 is 1.26 bits per heavy atom. The van der Waals surface area contributed by atoms with Gasteiger partial charge in [0.25, 0.3) is 0 Å². The van der Waals surface area contributed by atoms with Gasteiger partial charge in [-0.2, -0.15) is 0 Å². The maximum atomic E-state index is 5.37. The van der Waals surface area contributed by atoms with Crippen molar-refractivity contribution in [1.29, 1.82) is 0 Å². The van der Waals surface area contributed by atoms with Crippen LogP contribution >= 0.6 is 23.1 Å². The summed E-state index contributed by atoms with van der Waals surface area (Å²) in [6.07, 6.45) is 1.26. The maximum Gasteiger partial charge on any atom is 0.151 e. The number of quaternary nitrogens is 1. The lowest BCUT2D eigenvalue weighted by atomic mass is 10.3. The molecule has 3 nitrogen and oxygen atoms in total. The van der Waals surface area contributed by atoms with Crippen LogP contribution in [0.1, 0.15) is 6.42 Å². The summed E-state index contributed by atoms with van der Waals surface area (Å²) in [4.78, 5) is 6.34. The molecule has 3 rings (SSSR count). The van der Waals surface area contributed by atoms with E-state index in [1.165, 1.54) is 40.8 Å². The van der Waals surface area contributed by atoms with Gasteiger partial charge in [0.1, 0.15) is 13.1 Å². The lowest BCUT2D eigenvalue weighted by Crippen LogP contribution is -3.14. The van der Waals surface area contributed by atoms with Crippen molar-refractivity contribution in [2.75, 3.05) is 38.6 Å². The molecule has 2 aromatic rings. The predicted molar refractivity (Wildman–Crippen MR) is 81.3 cm³/mol. The molecule has 1 aromatic heterocycles. The van der Waals surface area contributed by atoms with Crippen molar-refractivity contribution < 1.29 is 9.64 Å². The summed E-state index contributed by atoms with van der Waals surface area (Å²) in [5.74, 6) is 1.17. The molecule has 1 saturated heterocycles. The van der Waals surface area contributed by atoms with Gasteiger partial charge in [0.15, 0.2) is 4.34 Å². The van der Waals surface area contributed by atoms with Crippen molar-refractivity contribution in [2.24, 2.45) is 0 Å². The van der Waals surface area contributed by atoms with Crippen LogP contribution in [-0.2, 0) is 4.74 Å². The van der Waals surface area contributed by atoms with E-state index in [9.17, 15) is 0 Å². The molecule has 1 aliphatic rings. The first-order valence-electron chi connectivity index (χ1n) is 6.81. The van der Waals surface area contributed by atoms with E-state index < -0.39 is 0 Å². The summed E-state index contributed by atoms with van der Waals surface area (Å²) in [6.45, 7) is 5.47. The Labute approximate surface area is 122 Å².